The maximum absolute atomic E-state index is 12.1. The number of halogens is 1. The van der Waals surface area contributed by atoms with Gasteiger partial charge in [-0.1, -0.05) is 29.8 Å². The first kappa shape index (κ1) is 15.4. The van der Waals surface area contributed by atoms with Gasteiger partial charge in [-0.2, -0.15) is 0 Å². The molecule has 4 heteroatoms. The SMILES string of the molecule is Cc1cccc(C)c1NC(=O)/C=C/c1cc2cc(Cl)ccc2o1. The van der Waals surface area contributed by atoms with Crippen molar-refractivity contribution in [1.82, 2.24) is 0 Å². The summed E-state index contributed by atoms with van der Waals surface area (Å²) < 4.78 is 5.65. The summed E-state index contributed by atoms with van der Waals surface area (Å²) in [5, 5.41) is 4.47. The van der Waals surface area contributed by atoms with E-state index in [4.69, 9.17) is 16.0 Å². The van der Waals surface area contributed by atoms with E-state index < -0.39 is 0 Å². The fraction of sp³-hybridized carbons (Fsp3) is 0.105. The normalized spacial score (nSPS) is 11.3. The Labute approximate surface area is 139 Å². The zero-order valence-corrected chi connectivity index (χ0v) is 13.6. The lowest BCUT2D eigenvalue weighted by atomic mass is 10.1. The van der Waals surface area contributed by atoms with Gasteiger partial charge >= 0.3 is 0 Å². The van der Waals surface area contributed by atoms with Crippen LogP contribution in [0.2, 0.25) is 5.02 Å². The van der Waals surface area contributed by atoms with Gasteiger partial charge in [0.15, 0.2) is 0 Å². The smallest absolute Gasteiger partial charge is 0.248 e. The van der Waals surface area contributed by atoms with Gasteiger partial charge in [0, 0.05) is 22.2 Å². The van der Waals surface area contributed by atoms with Crippen LogP contribution in [0.1, 0.15) is 16.9 Å². The van der Waals surface area contributed by atoms with Gasteiger partial charge in [-0.05, 0) is 55.3 Å². The van der Waals surface area contributed by atoms with Crippen LogP contribution in [0.4, 0.5) is 5.69 Å². The fourth-order valence-electron chi connectivity index (χ4n) is 2.45. The zero-order valence-electron chi connectivity index (χ0n) is 12.9. The van der Waals surface area contributed by atoms with Gasteiger partial charge in [0.05, 0.1) is 0 Å². The lowest BCUT2D eigenvalue weighted by Crippen LogP contribution is -2.10. The van der Waals surface area contributed by atoms with Crippen molar-refractivity contribution in [2.24, 2.45) is 0 Å². The number of para-hydroxylation sites is 1. The minimum atomic E-state index is -0.194. The highest BCUT2D eigenvalue weighted by molar-refractivity contribution is 6.31. The Balaban J connectivity index is 1.77. The maximum atomic E-state index is 12.1. The van der Waals surface area contributed by atoms with Gasteiger partial charge in [-0.3, -0.25) is 4.79 Å². The maximum Gasteiger partial charge on any atom is 0.248 e. The standard InChI is InChI=1S/C19H16ClNO2/c1-12-4-3-5-13(2)19(12)21-18(22)9-7-16-11-14-10-15(20)6-8-17(14)23-16/h3-11H,1-2H3,(H,21,22)/b9-7+. The van der Waals surface area contributed by atoms with Crippen molar-refractivity contribution in [3.63, 3.8) is 0 Å². The van der Waals surface area contributed by atoms with Gasteiger partial charge in [0.1, 0.15) is 11.3 Å². The molecule has 116 valence electrons. The van der Waals surface area contributed by atoms with Crippen LogP contribution in [0.15, 0.2) is 53.0 Å². The van der Waals surface area contributed by atoms with Crippen LogP contribution in [0.3, 0.4) is 0 Å². The second-order valence-electron chi connectivity index (χ2n) is 5.42. The van der Waals surface area contributed by atoms with Crippen LogP contribution in [0.25, 0.3) is 17.0 Å². The number of carbonyl (C=O) groups is 1. The number of rotatable bonds is 3. The third-order valence-electron chi connectivity index (χ3n) is 3.63. The van der Waals surface area contributed by atoms with Crippen molar-refractivity contribution in [2.75, 3.05) is 5.32 Å². The third kappa shape index (κ3) is 3.46. The molecular weight excluding hydrogens is 310 g/mol. The zero-order chi connectivity index (χ0) is 16.4. The highest BCUT2D eigenvalue weighted by atomic mass is 35.5. The van der Waals surface area contributed by atoms with Gasteiger partial charge in [0.25, 0.3) is 0 Å². The first-order valence-corrected chi connectivity index (χ1v) is 7.65. The molecule has 0 saturated heterocycles. The Morgan fingerprint density at radius 3 is 2.61 bits per heavy atom. The van der Waals surface area contributed by atoms with E-state index in [1.54, 1.807) is 12.1 Å². The van der Waals surface area contributed by atoms with Crippen LogP contribution in [0.5, 0.6) is 0 Å². The predicted octanol–water partition coefficient (Wildman–Crippen LogP) is 5.35. The number of aryl methyl sites for hydroxylation is 2. The second-order valence-corrected chi connectivity index (χ2v) is 5.86. The van der Waals surface area contributed by atoms with Crippen LogP contribution < -0.4 is 5.32 Å². The van der Waals surface area contributed by atoms with Gasteiger partial charge in [0.2, 0.25) is 5.91 Å². The van der Waals surface area contributed by atoms with Crippen molar-refractivity contribution >= 4 is 40.2 Å². The van der Waals surface area contributed by atoms with E-state index in [-0.39, 0.29) is 5.91 Å². The molecule has 1 amide bonds. The summed E-state index contributed by atoms with van der Waals surface area (Å²) in [4.78, 5) is 12.1. The number of fused-ring (bicyclic) bond motifs is 1. The predicted molar refractivity (Wildman–Crippen MR) is 94.8 cm³/mol. The van der Waals surface area contributed by atoms with E-state index >= 15 is 0 Å². The van der Waals surface area contributed by atoms with Gasteiger partial charge in [-0.15, -0.1) is 0 Å². The minimum absolute atomic E-state index is 0.194. The molecule has 0 radical (unpaired) electrons. The van der Waals surface area contributed by atoms with E-state index in [9.17, 15) is 4.79 Å². The summed E-state index contributed by atoms with van der Waals surface area (Å²) in [5.41, 5.74) is 3.65. The van der Waals surface area contributed by atoms with E-state index in [2.05, 4.69) is 5.32 Å². The summed E-state index contributed by atoms with van der Waals surface area (Å²) in [6.07, 6.45) is 3.11. The molecule has 0 fully saturated rings. The molecule has 2 aromatic carbocycles. The molecule has 3 rings (SSSR count). The number of furan rings is 1. The van der Waals surface area contributed by atoms with Crippen molar-refractivity contribution in [2.45, 2.75) is 13.8 Å². The lowest BCUT2D eigenvalue weighted by Gasteiger charge is -2.09. The quantitative estimate of drug-likeness (QED) is 0.659. The molecule has 0 bridgehead atoms. The monoisotopic (exact) mass is 325 g/mol. The van der Waals surface area contributed by atoms with Crippen molar-refractivity contribution < 1.29 is 9.21 Å². The molecule has 0 spiro atoms. The number of benzene rings is 2. The van der Waals surface area contributed by atoms with E-state index in [0.29, 0.717) is 10.8 Å². The molecule has 0 unspecified atom stereocenters. The summed E-state index contributed by atoms with van der Waals surface area (Å²) in [6.45, 7) is 3.94. The summed E-state index contributed by atoms with van der Waals surface area (Å²) in [7, 11) is 0. The fourth-order valence-corrected chi connectivity index (χ4v) is 2.63. The topological polar surface area (TPSA) is 42.2 Å². The van der Waals surface area contributed by atoms with Crippen molar-refractivity contribution in [1.29, 1.82) is 0 Å². The second kappa shape index (κ2) is 6.31. The summed E-state index contributed by atoms with van der Waals surface area (Å²) >= 11 is 5.95. The summed E-state index contributed by atoms with van der Waals surface area (Å²) in [6, 6.07) is 13.2. The number of amides is 1. The molecule has 0 atom stereocenters. The van der Waals surface area contributed by atoms with E-state index in [0.717, 1.165) is 27.8 Å². The molecule has 1 N–H and O–H groups in total. The van der Waals surface area contributed by atoms with Crippen molar-refractivity contribution in [3.05, 3.63) is 70.5 Å². The number of carbonyl (C=O) groups excluding carboxylic acids is 1. The van der Waals surface area contributed by atoms with Crippen LogP contribution in [0, 0.1) is 13.8 Å². The van der Waals surface area contributed by atoms with Crippen LogP contribution >= 0.6 is 11.6 Å². The van der Waals surface area contributed by atoms with Gasteiger partial charge in [-0.25, -0.2) is 0 Å². The molecule has 0 aliphatic heterocycles. The Bertz CT molecular complexity index is 889. The Hall–Kier alpha value is -2.52. The average Bonchev–Trinajstić information content (AvgIpc) is 2.91. The molecule has 0 aliphatic carbocycles. The molecule has 0 aliphatic rings. The Morgan fingerprint density at radius 1 is 1.13 bits per heavy atom. The molecule has 0 saturated carbocycles. The average molecular weight is 326 g/mol. The number of anilines is 1. The van der Waals surface area contributed by atoms with Crippen LogP contribution in [-0.4, -0.2) is 5.91 Å². The van der Waals surface area contributed by atoms with Crippen molar-refractivity contribution in [3.8, 4) is 0 Å². The number of hydrogen-bond acceptors (Lipinski definition) is 2. The number of hydrogen-bond donors (Lipinski definition) is 1. The first-order chi connectivity index (χ1) is 11.0. The highest BCUT2D eigenvalue weighted by Gasteiger charge is 2.06. The largest absolute Gasteiger partial charge is 0.457 e. The highest BCUT2D eigenvalue weighted by Crippen LogP contribution is 2.24. The van der Waals surface area contributed by atoms with Gasteiger partial charge < -0.3 is 9.73 Å². The Kier molecular flexibility index (Phi) is 4.22. The van der Waals surface area contributed by atoms with E-state index in [1.165, 1.54) is 6.08 Å². The lowest BCUT2D eigenvalue weighted by molar-refractivity contribution is -0.111. The summed E-state index contributed by atoms with van der Waals surface area (Å²) in [5.74, 6) is 0.416. The Morgan fingerprint density at radius 2 is 1.87 bits per heavy atom. The minimum Gasteiger partial charge on any atom is -0.457 e. The molecule has 3 nitrogen and oxygen atoms in total. The first-order valence-electron chi connectivity index (χ1n) is 7.27. The third-order valence-corrected chi connectivity index (χ3v) is 3.86. The molecule has 23 heavy (non-hydrogen) atoms. The number of nitrogens with one attached hydrogen (secondary N) is 1. The molecule has 1 heterocycles. The molecule has 3 aromatic rings. The molecular formula is C19H16ClNO2. The van der Waals surface area contributed by atoms with E-state index in [1.807, 2.05) is 50.2 Å². The molecule has 1 aromatic heterocycles. The van der Waals surface area contributed by atoms with Crippen LogP contribution in [-0.2, 0) is 4.79 Å².